The van der Waals surface area contributed by atoms with Crippen molar-refractivity contribution < 1.29 is 4.79 Å². The van der Waals surface area contributed by atoms with E-state index in [-0.39, 0.29) is 12.5 Å². The van der Waals surface area contributed by atoms with E-state index >= 15 is 0 Å². The number of rotatable bonds is 4. The molecule has 0 saturated heterocycles. The van der Waals surface area contributed by atoms with Crippen molar-refractivity contribution in [2.45, 2.75) is 6.92 Å². The van der Waals surface area contributed by atoms with E-state index in [0.29, 0.717) is 12.5 Å². The summed E-state index contributed by atoms with van der Waals surface area (Å²) in [6.07, 6.45) is 1.81. The Morgan fingerprint density at radius 3 is 3.06 bits per heavy atom. The molecule has 6 heteroatoms. The number of nitrogens with one attached hydrogen (secondary N) is 1. The molecule has 0 radical (unpaired) electrons. The van der Waals surface area contributed by atoms with Crippen LogP contribution in [0.3, 0.4) is 0 Å². The first-order chi connectivity index (χ1) is 8.20. The molecule has 0 aliphatic rings. The summed E-state index contributed by atoms with van der Waals surface area (Å²) < 4.78 is 1.66. The summed E-state index contributed by atoms with van der Waals surface area (Å²) in [7, 11) is 1.76. The Morgan fingerprint density at radius 1 is 1.53 bits per heavy atom. The summed E-state index contributed by atoms with van der Waals surface area (Å²) in [6, 6.07) is 5.63. The number of hydrogen-bond acceptors (Lipinski definition) is 4. The van der Waals surface area contributed by atoms with Gasteiger partial charge in [-0.25, -0.2) is 4.52 Å². The summed E-state index contributed by atoms with van der Waals surface area (Å²) in [5.74, 6) is 0.486. The second-order valence-corrected chi connectivity index (χ2v) is 3.70. The lowest BCUT2D eigenvalue weighted by Crippen LogP contribution is -2.32. The maximum atomic E-state index is 11.6. The fraction of sp³-hybridized carbons (Fsp3) is 0.364. The smallest absolute Gasteiger partial charge is 0.243 e. The minimum absolute atomic E-state index is 0.0198. The monoisotopic (exact) mass is 233 g/mol. The number of carbonyl (C=O) groups is 1. The zero-order valence-electron chi connectivity index (χ0n) is 9.92. The number of hydrogen-bond donors (Lipinski definition) is 1. The van der Waals surface area contributed by atoms with Gasteiger partial charge >= 0.3 is 0 Å². The van der Waals surface area contributed by atoms with E-state index in [1.807, 2.05) is 31.3 Å². The van der Waals surface area contributed by atoms with Gasteiger partial charge in [-0.15, -0.1) is 5.10 Å². The molecule has 2 aromatic heterocycles. The highest BCUT2D eigenvalue weighted by Gasteiger charge is 2.08. The predicted octanol–water partition coefficient (Wildman–Crippen LogP) is 0.619. The molecule has 0 unspecified atom stereocenters. The fourth-order valence-electron chi connectivity index (χ4n) is 1.37. The van der Waals surface area contributed by atoms with Gasteiger partial charge in [-0.1, -0.05) is 6.07 Å². The van der Waals surface area contributed by atoms with Crippen molar-refractivity contribution in [1.29, 1.82) is 0 Å². The number of pyridine rings is 1. The topological polar surface area (TPSA) is 62.5 Å². The number of aromatic nitrogens is 3. The summed E-state index contributed by atoms with van der Waals surface area (Å²) in [6.45, 7) is 2.83. The van der Waals surface area contributed by atoms with Gasteiger partial charge in [-0.3, -0.25) is 4.79 Å². The van der Waals surface area contributed by atoms with E-state index in [1.165, 1.54) is 0 Å². The molecule has 0 fully saturated rings. The first-order valence-electron chi connectivity index (χ1n) is 5.50. The standard InChI is InChI=1S/C11H15N5O/c1-3-15(2)10(17)8-12-11-13-9-6-4-5-7-16(9)14-11/h4-7H,3,8H2,1-2H3,(H,12,14). The van der Waals surface area contributed by atoms with E-state index in [1.54, 1.807) is 16.5 Å². The molecule has 0 saturated carbocycles. The van der Waals surface area contributed by atoms with Gasteiger partial charge in [0.1, 0.15) is 0 Å². The predicted molar refractivity (Wildman–Crippen MR) is 64.8 cm³/mol. The average Bonchev–Trinajstić information content (AvgIpc) is 2.77. The van der Waals surface area contributed by atoms with Gasteiger partial charge in [0.2, 0.25) is 11.9 Å². The van der Waals surface area contributed by atoms with Crippen LogP contribution in [0.25, 0.3) is 5.65 Å². The van der Waals surface area contributed by atoms with Gasteiger partial charge in [-0.2, -0.15) is 4.98 Å². The molecule has 6 nitrogen and oxygen atoms in total. The van der Waals surface area contributed by atoms with Crippen LogP contribution >= 0.6 is 0 Å². The lowest BCUT2D eigenvalue weighted by molar-refractivity contribution is -0.127. The number of carbonyl (C=O) groups excluding carboxylic acids is 1. The summed E-state index contributed by atoms with van der Waals surface area (Å²) in [5.41, 5.74) is 0.756. The molecule has 2 heterocycles. The number of amides is 1. The largest absolute Gasteiger partial charge is 0.345 e. The molecule has 17 heavy (non-hydrogen) atoms. The normalized spacial score (nSPS) is 10.5. The maximum absolute atomic E-state index is 11.6. The molecule has 0 atom stereocenters. The quantitative estimate of drug-likeness (QED) is 0.841. The van der Waals surface area contributed by atoms with Crippen LogP contribution in [-0.4, -0.2) is 45.5 Å². The second kappa shape index (κ2) is 4.82. The van der Waals surface area contributed by atoms with Gasteiger partial charge < -0.3 is 10.2 Å². The molecule has 0 aliphatic carbocycles. The Hall–Kier alpha value is -2.11. The molecule has 0 aromatic carbocycles. The van der Waals surface area contributed by atoms with Crippen LogP contribution in [0.15, 0.2) is 24.4 Å². The first kappa shape index (κ1) is 11.4. The van der Waals surface area contributed by atoms with Crippen LogP contribution in [0.5, 0.6) is 0 Å². The number of nitrogens with zero attached hydrogens (tertiary/aromatic N) is 4. The minimum atomic E-state index is 0.0198. The third-order valence-corrected chi connectivity index (χ3v) is 2.54. The Bertz CT molecular complexity index is 488. The van der Waals surface area contributed by atoms with Crippen molar-refractivity contribution in [3.05, 3.63) is 24.4 Å². The van der Waals surface area contributed by atoms with E-state index < -0.39 is 0 Å². The van der Waals surface area contributed by atoms with Gasteiger partial charge in [0.05, 0.1) is 6.54 Å². The minimum Gasteiger partial charge on any atom is -0.345 e. The molecular formula is C11H15N5O. The van der Waals surface area contributed by atoms with Crippen molar-refractivity contribution in [2.24, 2.45) is 0 Å². The third-order valence-electron chi connectivity index (χ3n) is 2.54. The lowest BCUT2D eigenvalue weighted by atomic mass is 10.5. The zero-order valence-corrected chi connectivity index (χ0v) is 9.92. The Kier molecular flexibility index (Phi) is 3.22. The van der Waals surface area contributed by atoms with E-state index in [0.717, 1.165) is 5.65 Å². The molecule has 2 rings (SSSR count). The molecule has 0 aliphatic heterocycles. The second-order valence-electron chi connectivity index (χ2n) is 3.70. The van der Waals surface area contributed by atoms with Crippen LogP contribution in [0.1, 0.15) is 6.92 Å². The number of anilines is 1. The molecule has 1 amide bonds. The van der Waals surface area contributed by atoms with Crippen LogP contribution in [0.2, 0.25) is 0 Å². The Morgan fingerprint density at radius 2 is 2.35 bits per heavy atom. The van der Waals surface area contributed by atoms with Gasteiger partial charge in [0.15, 0.2) is 5.65 Å². The Balaban J connectivity index is 2.02. The highest BCUT2D eigenvalue weighted by Crippen LogP contribution is 2.03. The van der Waals surface area contributed by atoms with E-state index in [9.17, 15) is 4.79 Å². The van der Waals surface area contributed by atoms with Crippen molar-refractivity contribution in [3.63, 3.8) is 0 Å². The molecule has 0 bridgehead atoms. The molecule has 2 aromatic rings. The van der Waals surface area contributed by atoms with Gasteiger partial charge in [0, 0.05) is 19.8 Å². The van der Waals surface area contributed by atoms with Crippen LogP contribution in [0.4, 0.5) is 5.95 Å². The Labute approximate surface area is 99.3 Å². The van der Waals surface area contributed by atoms with Crippen molar-refractivity contribution >= 4 is 17.5 Å². The van der Waals surface area contributed by atoms with E-state index in [2.05, 4.69) is 15.4 Å². The van der Waals surface area contributed by atoms with Crippen molar-refractivity contribution in [3.8, 4) is 0 Å². The van der Waals surface area contributed by atoms with Crippen LogP contribution in [-0.2, 0) is 4.79 Å². The van der Waals surface area contributed by atoms with Gasteiger partial charge in [-0.05, 0) is 19.1 Å². The maximum Gasteiger partial charge on any atom is 0.243 e. The third kappa shape index (κ3) is 2.52. The van der Waals surface area contributed by atoms with Crippen LogP contribution < -0.4 is 5.32 Å². The summed E-state index contributed by atoms with van der Waals surface area (Å²) in [4.78, 5) is 17.4. The summed E-state index contributed by atoms with van der Waals surface area (Å²) in [5, 5.41) is 7.11. The molecule has 0 spiro atoms. The molecule has 1 N–H and O–H groups in total. The van der Waals surface area contributed by atoms with Crippen molar-refractivity contribution in [2.75, 3.05) is 25.5 Å². The number of likely N-dealkylation sites (N-methyl/N-ethyl adjacent to an activating group) is 1. The van der Waals surface area contributed by atoms with Gasteiger partial charge in [0.25, 0.3) is 0 Å². The summed E-state index contributed by atoms with van der Waals surface area (Å²) >= 11 is 0. The van der Waals surface area contributed by atoms with Crippen molar-refractivity contribution in [1.82, 2.24) is 19.5 Å². The zero-order chi connectivity index (χ0) is 12.3. The highest BCUT2D eigenvalue weighted by molar-refractivity contribution is 5.80. The highest BCUT2D eigenvalue weighted by atomic mass is 16.2. The van der Waals surface area contributed by atoms with Crippen LogP contribution in [0, 0.1) is 0 Å². The van der Waals surface area contributed by atoms with E-state index in [4.69, 9.17) is 0 Å². The average molecular weight is 233 g/mol. The lowest BCUT2D eigenvalue weighted by Gasteiger charge is -2.13. The molecule has 90 valence electrons. The SMILES string of the molecule is CCN(C)C(=O)CNc1nc2ccccn2n1. The fourth-order valence-corrected chi connectivity index (χ4v) is 1.37. The molecular weight excluding hydrogens is 218 g/mol. The first-order valence-corrected chi connectivity index (χ1v) is 5.50. The number of fused-ring (bicyclic) bond motifs is 1.